The molecule has 0 aliphatic heterocycles. The number of nitrogens with zero attached hydrogens (tertiary/aromatic N) is 2. The van der Waals surface area contributed by atoms with Gasteiger partial charge in [0.05, 0.1) is 23.3 Å². The maximum atomic E-state index is 10.9. The maximum Gasteiger partial charge on any atom is 0.147 e. The van der Waals surface area contributed by atoms with Crippen molar-refractivity contribution in [2.24, 2.45) is 0 Å². The van der Waals surface area contributed by atoms with Gasteiger partial charge in [0.15, 0.2) is 0 Å². The lowest BCUT2D eigenvalue weighted by atomic mass is 10.3. The van der Waals surface area contributed by atoms with Crippen LogP contribution in [0.3, 0.4) is 0 Å². The summed E-state index contributed by atoms with van der Waals surface area (Å²) in [6, 6.07) is 0. The van der Waals surface area contributed by atoms with Crippen molar-refractivity contribution in [3.8, 4) is 0 Å². The molecule has 1 aromatic heterocycles. The zero-order valence-corrected chi connectivity index (χ0v) is 10.6. The molecule has 0 unspecified atom stereocenters. The predicted octanol–water partition coefficient (Wildman–Crippen LogP) is 0.940. The summed E-state index contributed by atoms with van der Waals surface area (Å²) in [5.41, 5.74) is 1.79. The van der Waals surface area contributed by atoms with Crippen molar-refractivity contribution in [1.82, 2.24) is 9.97 Å². The normalized spacial score (nSPS) is 11.4. The molecular weight excluding hydrogens is 226 g/mol. The summed E-state index contributed by atoms with van der Waals surface area (Å²) < 4.78 is 21.8. The minimum absolute atomic E-state index is 0.193. The summed E-state index contributed by atoms with van der Waals surface area (Å²) in [6.07, 6.45) is 3.47. The van der Waals surface area contributed by atoms with Crippen LogP contribution in [0.5, 0.6) is 0 Å². The molecule has 1 aromatic rings. The molecule has 0 bridgehead atoms. The average Bonchev–Trinajstić information content (AvgIpc) is 2.17. The Kier molecular flexibility index (Phi) is 4.23. The topological polar surface area (TPSA) is 72.0 Å². The average molecular weight is 243 g/mol. The van der Waals surface area contributed by atoms with Crippen LogP contribution in [0.25, 0.3) is 0 Å². The van der Waals surface area contributed by atoms with E-state index in [4.69, 9.17) is 0 Å². The molecular formula is C10H17N3O2S. The van der Waals surface area contributed by atoms with E-state index < -0.39 is 9.84 Å². The number of aryl methyl sites for hydroxylation is 2. The van der Waals surface area contributed by atoms with E-state index >= 15 is 0 Å². The number of hydrogen-bond acceptors (Lipinski definition) is 5. The van der Waals surface area contributed by atoms with Crippen LogP contribution in [0.4, 0.5) is 5.82 Å². The highest BCUT2D eigenvalue weighted by molar-refractivity contribution is 7.90. The molecule has 0 saturated heterocycles. The Bertz CT molecular complexity index is 457. The lowest BCUT2D eigenvalue weighted by molar-refractivity contribution is 0.600. The molecule has 1 rings (SSSR count). The van der Waals surface area contributed by atoms with E-state index in [2.05, 4.69) is 15.3 Å². The standard InChI is InChI=1S/C10H17N3O2S/c1-8-9(2)13-10(7-12-8)11-5-4-6-16(3,14)15/h7H,4-6H2,1-3H3,(H,11,13). The zero-order valence-electron chi connectivity index (χ0n) is 9.82. The summed E-state index contributed by atoms with van der Waals surface area (Å²) >= 11 is 0. The van der Waals surface area contributed by atoms with Crippen molar-refractivity contribution in [1.29, 1.82) is 0 Å². The molecule has 0 aliphatic rings. The van der Waals surface area contributed by atoms with Gasteiger partial charge in [-0.1, -0.05) is 0 Å². The first kappa shape index (κ1) is 12.9. The molecule has 0 spiro atoms. The van der Waals surface area contributed by atoms with Crippen molar-refractivity contribution >= 4 is 15.7 Å². The first-order valence-corrected chi connectivity index (χ1v) is 7.16. The van der Waals surface area contributed by atoms with Gasteiger partial charge in [-0.3, -0.25) is 4.98 Å². The van der Waals surface area contributed by atoms with Crippen LogP contribution >= 0.6 is 0 Å². The number of sulfone groups is 1. The van der Waals surface area contributed by atoms with Crippen LogP contribution in [0.1, 0.15) is 17.8 Å². The largest absolute Gasteiger partial charge is 0.369 e. The van der Waals surface area contributed by atoms with Crippen LogP contribution < -0.4 is 5.32 Å². The zero-order chi connectivity index (χ0) is 12.2. The number of anilines is 1. The Balaban J connectivity index is 2.41. The molecule has 1 heterocycles. The second-order valence-electron chi connectivity index (χ2n) is 3.84. The molecule has 0 aliphatic carbocycles. The third kappa shape index (κ3) is 4.57. The number of hydrogen-bond donors (Lipinski definition) is 1. The fourth-order valence-electron chi connectivity index (χ4n) is 1.18. The Labute approximate surface area is 96.2 Å². The van der Waals surface area contributed by atoms with Gasteiger partial charge in [0.2, 0.25) is 0 Å². The van der Waals surface area contributed by atoms with Gasteiger partial charge in [0, 0.05) is 12.8 Å². The Hall–Kier alpha value is -1.17. The van der Waals surface area contributed by atoms with Gasteiger partial charge in [-0.05, 0) is 20.3 Å². The highest BCUT2D eigenvalue weighted by atomic mass is 32.2. The Morgan fingerprint density at radius 1 is 1.31 bits per heavy atom. The van der Waals surface area contributed by atoms with Gasteiger partial charge in [-0.2, -0.15) is 0 Å². The minimum atomic E-state index is -2.87. The van der Waals surface area contributed by atoms with Crippen molar-refractivity contribution in [2.75, 3.05) is 23.9 Å². The molecule has 1 N–H and O–H groups in total. The van der Waals surface area contributed by atoms with E-state index in [1.807, 2.05) is 13.8 Å². The minimum Gasteiger partial charge on any atom is -0.369 e. The van der Waals surface area contributed by atoms with Crippen molar-refractivity contribution in [3.63, 3.8) is 0 Å². The van der Waals surface area contributed by atoms with E-state index in [-0.39, 0.29) is 5.75 Å². The van der Waals surface area contributed by atoms with Crippen molar-refractivity contribution < 1.29 is 8.42 Å². The smallest absolute Gasteiger partial charge is 0.147 e. The number of nitrogens with one attached hydrogen (secondary N) is 1. The molecule has 0 fully saturated rings. The lowest BCUT2D eigenvalue weighted by Gasteiger charge is -2.06. The molecule has 0 amide bonds. The summed E-state index contributed by atoms with van der Waals surface area (Å²) in [6.45, 7) is 4.38. The van der Waals surface area contributed by atoms with Gasteiger partial charge in [-0.25, -0.2) is 13.4 Å². The van der Waals surface area contributed by atoms with Gasteiger partial charge < -0.3 is 5.32 Å². The monoisotopic (exact) mass is 243 g/mol. The van der Waals surface area contributed by atoms with Gasteiger partial charge >= 0.3 is 0 Å². The second-order valence-corrected chi connectivity index (χ2v) is 6.10. The van der Waals surface area contributed by atoms with Gasteiger partial charge in [0.1, 0.15) is 15.7 Å². The molecule has 0 aromatic carbocycles. The van der Waals surface area contributed by atoms with E-state index in [1.165, 1.54) is 6.26 Å². The molecule has 0 radical (unpaired) electrons. The van der Waals surface area contributed by atoms with E-state index in [0.29, 0.717) is 18.8 Å². The van der Waals surface area contributed by atoms with Crippen molar-refractivity contribution in [3.05, 3.63) is 17.6 Å². The third-order valence-electron chi connectivity index (χ3n) is 2.19. The van der Waals surface area contributed by atoms with Crippen LogP contribution in [0, 0.1) is 13.8 Å². The Morgan fingerprint density at radius 3 is 2.56 bits per heavy atom. The summed E-state index contributed by atoms with van der Waals surface area (Å²) in [7, 11) is -2.87. The molecule has 6 heteroatoms. The van der Waals surface area contributed by atoms with Crippen LogP contribution in [-0.2, 0) is 9.84 Å². The summed E-state index contributed by atoms with van der Waals surface area (Å²) in [5.74, 6) is 0.884. The highest BCUT2D eigenvalue weighted by Gasteiger charge is 2.02. The summed E-state index contributed by atoms with van der Waals surface area (Å²) in [4.78, 5) is 8.45. The lowest BCUT2D eigenvalue weighted by Crippen LogP contribution is -2.11. The molecule has 0 atom stereocenters. The summed E-state index contributed by atoms with van der Waals surface area (Å²) in [5, 5.41) is 3.05. The SMILES string of the molecule is Cc1ncc(NCCCS(C)(=O)=O)nc1C. The highest BCUT2D eigenvalue weighted by Crippen LogP contribution is 2.05. The fraction of sp³-hybridized carbons (Fsp3) is 0.600. The maximum absolute atomic E-state index is 10.9. The Morgan fingerprint density at radius 2 is 2.00 bits per heavy atom. The molecule has 0 saturated carbocycles. The molecule has 90 valence electrons. The quantitative estimate of drug-likeness (QED) is 0.779. The third-order valence-corrected chi connectivity index (χ3v) is 3.22. The van der Waals surface area contributed by atoms with E-state index in [9.17, 15) is 8.42 Å². The first-order chi connectivity index (χ1) is 7.38. The predicted molar refractivity (Wildman–Crippen MR) is 64.3 cm³/mol. The van der Waals surface area contributed by atoms with E-state index in [1.54, 1.807) is 6.20 Å². The van der Waals surface area contributed by atoms with Gasteiger partial charge in [0.25, 0.3) is 0 Å². The van der Waals surface area contributed by atoms with Crippen LogP contribution in [-0.4, -0.2) is 36.9 Å². The number of aromatic nitrogens is 2. The van der Waals surface area contributed by atoms with E-state index in [0.717, 1.165) is 11.4 Å². The van der Waals surface area contributed by atoms with Crippen molar-refractivity contribution in [2.45, 2.75) is 20.3 Å². The van der Waals surface area contributed by atoms with Crippen LogP contribution in [0.2, 0.25) is 0 Å². The molecule has 5 nitrogen and oxygen atoms in total. The van der Waals surface area contributed by atoms with Gasteiger partial charge in [-0.15, -0.1) is 0 Å². The second kappa shape index (κ2) is 5.25. The first-order valence-electron chi connectivity index (χ1n) is 5.10. The van der Waals surface area contributed by atoms with Crippen LogP contribution in [0.15, 0.2) is 6.20 Å². The molecule has 16 heavy (non-hydrogen) atoms. The number of rotatable bonds is 5. The fourth-order valence-corrected chi connectivity index (χ4v) is 1.85.